The summed E-state index contributed by atoms with van der Waals surface area (Å²) in [5.41, 5.74) is 8.00. The maximum atomic E-state index is 6.10. The van der Waals surface area contributed by atoms with Gasteiger partial charge in [-0.05, 0) is 43.4 Å². The lowest BCUT2D eigenvalue weighted by atomic mass is 10.00. The molecule has 0 bridgehead atoms. The maximum absolute atomic E-state index is 6.10. The van der Waals surface area contributed by atoms with Gasteiger partial charge in [0.25, 0.3) is 0 Å². The van der Waals surface area contributed by atoms with Crippen molar-refractivity contribution in [3.8, 4) is 5.75 Å². The molecule has 0 aliphatic heterocycles. The number of hydrogen-bond acceptors (Lipinski definition) is 2. The number of rotatable bonds is 5. The third kappa shape index (κ3) is 3.47. The molecule has 1 aromatic rings. The van der Waals surface area contributed by atoms with Crippen LogP contribution in [0.4, 0.5) is 0 Å². The summed E-state index contributed by atoms with van der Waals surface area (Å²) in [5.74, 6) is 1.48. The van der Waals surface area contributed by atoms with Crippen molar-refractivity contribution in [3.63, 3.8) is 0 Å². The Labute approximate surface area is 105 Å². The van der Waals surface area contributed by atoms with E-state index < -0.39 is 0 Å². The molecule has 2 heteroatoms. The molecule has 0 saturated carbocycles. The topological polar surface area (TPSA) is 35.2 Å². The fraction of sp³-hybridized carbons (Fsp3) is 0.600. The fourth-order valence-corrected chi connectivity index (χ4v) is 1.61. The molecule has 0 radical (unpaired) electrons. The molecule has 0 aromatic heterocycles. The molecule has 0 fully saturated rings. The first-order chi connectivity index (χ1) is 7.91. The van der Waals surface area contributed by atoms with E-state index in [1.165, 1.54) is 11.1 Å². The van der Waals surface area contributed by atoms with Crippen LogP contribution in [0.5, 0.6) is 5.75 Å². The van der Waals surface area contributed by atoms with Crippen molar-refractivity contribution in [2.75, 3.05) is 6.54 Å². The van der Waals surface area contributed by atoms with E-state index in [-0.39, 0.29) is 5.60 Å². The van der Waals surface area contributed by atoms with Crippen LogP contribution >= 0.6 is 0 Å². The van der Waals surface area contributed by atoms with Crippen molar-refractivity contribution in [2.45, 2.75) is 52.6 Å². The van der Waals surface area contributed by atoms with Crippen LogP contribution < -0.4 is 10.5 Å². The maximum Gasteiger partial charge on any atom is 0.123 e. The minimum Gasteiger partial charge on any atom is -0.486 e. The summed E-state index contributed by atoms with van der Waals surface area (Å²) in [6, 6.07) is 6.43. The van der Waals surface area contributed by atoms with Gasteiger partial charge in [-0.3, -0.25) is 0 Å². The molecule has 0 aliphatic rings. The highest BCUT2D eigenvalue weighted by molar-refractivity contribution is 5.38. The molecular weight excluding hydrogens is 210 g/mol. The van der Waals surface area contributed by atoms with Crippen molar-refractivity contribution < 1.29 is 4.74 Å². The Hall–Kier alpha value is -1.02. The van der Waals surface area contributed by atoms with E-state index in [4.69, 9.17) is 10.5 Å². The number of hydrogen-bond donors (Lipinski definition) is 1. The first-order valence-corrected chi connectivity index (χ1v) is 6.41. The van der Waals surface area contributed by atoms with Crippen LogP contribution in [0.15, 0.2) is 18.2 Å². The zero-order valence-corrected chi connectivity index (χ0v) is 11.7. The minimum absolute atomic E-state index is 0.264. The van der Waals surface area contributed by atoms with Gasteiger partial charge in [-0.2, -0.15) is 0 Å². The Morgan fingerprint density at radius 3 is 2.47 bits per heavy atom. The molecular formula is C15H25NO. The first-order valence-electron chi connectivity index (χ1n) is 6.41. The molecule has 96 valence electrons. The van der Waals surface area contributed by atoms with Gasteiger partial charge in [0.1, 0.15) is 11.4 Å². The summed E-state index contributed by atoms with van der Waals surface area (Å²) in [6.45, 7) is 11.2. The van der Waals surface area contributed by atoms with Gasteiger partial charge in [0.05, 0.1) is 0 Å². The lowest BCUT2D eigenvalue weighted by Gasteiger charge is -2.29. The van der Waals surface area contributed by atoms with E-state index in [1.807, 2.05) is 0 Å². The van der Waals surface area contributed by atoms with Crippen molar-refractivity contribution >= 4 is 0 Å². The van der Waals surface area contributed by atoms with E-state index in [9.17, 15) is 0 Å². The van der Waals surface area contributed by atoms with Crippen molar-refractivity contribution in [1.29, 1.82) is 0 Å². The van der Waals surface area contributed by atoms with Gasteiger partial charge >= 0.3 is 0 Å². The normalized spacial score (nSPS) is 14.8. The summed E-state index contributed by atoms with van der Waals surface area (Å²) in [7, 11) is 0. The summed E-state index contributed by atoms with van der Waals surface area (Å²) >= 11 is 0. The van der Waals surface area contributed by atoms with Gasteiger partial charge in [0.15, 0.2) is 0 Å². The smallest absolute Gasteiger partial charge is 0.123 e. The molecule has 1 aromatic carbocycles. The molecule has 0 spiro atoms. The number of ether oxygens (including phenoxy) is 1. The molecule has 0 aliphatic carbocycles. The first kappa shape index (κ1) is 14.0. The number of benzene rings is 1. The van der Waals surface area contributed by atoms with Crippen LogP contribution in [0.3, 0.4) is 0 Å². The average Bonchev–Trinajstić information content (AvgIpc) is 2.31. The Morgan fingerprint density at radius 2 is 2.00 bits per heavy atom. The van der Waals surface area contributed by atoms with Crippen molar-refractivity contribution in [2.24, 2.45) is 5.73 Å². The molecule has 1 atom stereocenters. The highest BCUT2D eigenvalue weighted by Gasteiger charge is 2.23. The van der Waals surface area contributed by atoms with Crippen LogP contribution in [0, 0.1) is 6.92 Å². The second-order valence-corrected chi connectivity index (χ2v) is 5.29. The molecule has 1 unspecified atom stereocenters. The van der Waals surface area contributed by atoms with Crippen LogP contribution in [-0.2, 0) is 0 Å². The number of aryl methyl sites for hydroxylation is 1. The zero-order chi connectivity index (χ0) is 13.1. The predicted molar refractivity (Wildman–Crippen MR) is 73.6 cm³/mol. The van der Waals surface area contributed by atoms with Crippen LogP contribution in [-0.4, -0.2) is 12.1 Å². The molecule has 0 heterocycles. The van der Waals surface area contributed by atoms with E-state index in [0.717, 1.165) is 12.2 Å². The van der Waals surface area contributed by atoms with Gasteiger partial charge < -0.3 is 10.5 Å². The van der Waals surface area contributed by atoms with Crippen LogP contribution in [0.2, 0.25) is 0 Å². The van der Waals surface area contributed by atoms with Gasteiger partial charge in [-0.15, -0.1) is 0 Å². The number of nitrogens with two attached hydrogens (primary N) is 1. The zero-order valence-electron chi connectivity index (χ0n) is 11.7. The average molecular weight is 235 g/mol. The minimum atomic E-state index is -0.264. The van der Waals surface area contributed by atoms with Crippen molar-refractivity contribution in [1.82, 2.24) is 0 Å². The largest absolute Gasteiger partial charge is 0.486 e. The Bertz CT molecular complexity index is 367. The second-order valence-electron chi connectivity index (χ2n) is 5.29. The molecule has 0 saturated heterocycles. The van der Waals surface area contributed by atoms with Gasteiger partial charge in [-0.25, -0.2) is 0 Å². The summed E-state index contributed by atoms with van der Waals surface area (Å²) in [6.07, 6.45) is 0.912. The summed E-state index contributed by atoms with van der Waals surface area (Å²) < 4.78 is 6.10. The molecule has 17 heavy (non-hydrogen) atoms. The molecule has 2 nitrogen and oxygen atoms in total. The van der Waals surface area contributed by atoms with E-state index >= 15 is 0 Å². The van der Waals surface area contributed by atoms with E-state index in [1.54, 1.807) is 0 Å². The van der Waals surface area contributed by atoms with Gasteiger partial charge in [0, 0.05) is 6.54 Å². The Morgan fingerprint density at radius 1 is 1.35 bits per heavy atom. The molecule has 1 rings (SSSR count). The summed E-state index contributed by atoms with van der Waals surface area (Å²) in [5, 5.41) is 0. The predicted octanol–water partition coefficient (Wildman–Crippen LogP) is 3.62. The van der Waals surface area contributed by atoms with Gasteiger partial charge in [0.2, 0.25) is 0 Å². The van der Waals surface area contributed by atoms with Gasteiger partial charge in [-0.1, -0.05) is 32.9 Å². The standard InChI is InChI=1S/C15H25NO/c1-6-15(5,10-16)17-14-9-13(11(2)3)8-7-12(14)4/h7-9,11H,6,10,16H2,1-5H3. The fourth-order valence-electron chi connectivity index (χ4n) is 1.61. The van der Waals surface area contributed by atoms with Crippen LogP contribution in [0.25, 0.3) is 0 Å². The lowest BCUT2D eigenvalue weighted by molar-refractivity contribution is 0.0925. The Balaban J connectivity index is 3.01. The highest BCUT2D eigenvalue weighted by atomic mass is 16.5. The summed E-state index contributed by atoms with van der Waals surface area (Å²) in [4.78, 5) is 0. The third-order valence-electron chi connectivity index (χ3n) is 3.41. The highest BCUT2D eigenvalue weighted by Crippen LogP contribution is 2.28. The van der Waals surface area contributed by atoms with Crippen molar-refractivity contribution in [3.05, 3.63) is 29.3 Å². The molecule has 2 N–H and O–H groups in total. The monoisotopic (exact) mass is 235 g/mol. The van der Waals surface area contributed by atoms with Crippen LogP contribution in [0.1, 0.15) is 51.2 Å². The quantitative estimate of drug-likeness (QED) is 0.846. The van der Waals surface area contributed by atoms with E-state index in [0.29, 0.717) is 12.5 Å². The van der Waals surface area contributed by atoms with E-state index in [2.05, 4.69) is 52.8 Å². The lowest BCUT2D eigenvalue weighted by Crippen LogP contribution is -2.40. The molecule has 0 amide bonds. The Kier molecular flexibility index (Phi) is 4.58. The second kappa shape index (κ2) is 5.54. The third-order valence-corrected chi connectivity index (χ3v) is 3.41. The SMILES string of the molecule is CCC(C)(CN)Oc1cc(C(C)C)ccc1C.